The Labute approximate surface area is 88.0 Å². The first kappa shape index (κ1) is 9.68. The van der Waals surface area contributed by atoms with E-state index in [0.29, 0.717) is 17.2 Å². The summed E-state index contributed by atoms with van der Waals surface area (Å²) in [6, 6.07) is 12.9. The summed E-state index contributed by atoms with van der Waals surface area (Å²) in [5.41, 5.74) is 0.682. The van der Waals surface area contributed by atoms with Gasteiger partial charge in [-0.25, -0.2) is 4.98 Å². The minimum absolute atomic E-state index is 0.0734. The fourth-order valence-electron chi connectivity index (χ4n) is 1.24. The SMILES string of the molecule is OCc1cccnc1Oc1ccccc1. The van der Waals surface area contributed by atoms with Crippen molar-refractivity contribution in [3.8, 4) is 11.6 Å². The summed E-state index contributed by atoms with van der Waals surface area (Å²) in [6.45, 7) is -0.0734. The summed E-state index contributed by atoms with van der Waals surface area (Å²) >= 11 is 0. The molecule has 0 spiro atoms. The van der Waals surface area contributed by atoms with Gasteiger partial charge in [-0.3, -0.25) is 0 Å². The lowest BCUT2D eigenvalue weighted by atomic mass is 10.3. The third kappa shape index (κ3) is 2.33. The number of rotatable bonds is 3. The van der Waals surface area contributed by atoms with Crippen LogP contribution in [0, 0.1) is 0 Å². The molecule has 0 amide bonds. The van der Waals surface area contributed by atoms with Crippen LogP contribution in [0.25, 0.3) is 0 Å². The van der Waals surface area contributed by atoms with Crippen molar-refractivity contribution in [1.82, 2.24) is 4.98 Å². The van der Waals surface area contributed by atoms with Crippen LogP contribution in [0.5, 0.6) is 11.6 Å². The van der Waals surface area contributed by atoms with E-state index >= 15 is 0 Å². The van der Waals surface area contributed by atoms with E-state index in [1.807, 2.05) is 30.3 Å². The Morgan fingerprint density at radius 2 is 1.87 bits per heavy atom. The average molecular weight is 201 g/mol. The van der Waals surface area contributed by atoms with Crippen molar-refractivity contribution < 1.29 is 9.84 Å². The summed E-state index contributed by atoms with van der Waals surface area (Å²) < 4.78 is 5.53. The lowest BCUT2D eigenvalue weighted by Gasteiger charge is -2.07. The van der Waals surface area contributed by atoms with Crippen LogP contribution in [0.2, 0.25) is 0 Å². The van der Waals surface area contributed by atoms with Gasteiger partial charge in [-0.05, 0) is 24.3 Å². The minimum Gasteiger partial charge on any atom is -0.439 e. The summed E-state index contributed by atoms with van der Waals surface area (Å²) in [4.78, 5) is 4.06. The highest BCUT2D eigenvalue weighted by atomic mass is 16.5. The molecule has 0 aliphatic heterocycles. The Balaban J connectivity index is 2.24. The quantitative estimate of drug-likeness (QED) is 0.828. The molecular weight excluding hydrogens is 190 g/mol. The molecule has 1 aromatic heterocycles. The Bertz CT molecular complexity index is 429. The number of para-hydroxylation sites is 1. The molecule has 3 nitrogen and oxygen atoms in total. The molecule has 0 bridgehead atoms. The molecule has 0 fully saturated rings. The topological polar surface area (TPSA) is 42.4 Å². The van der Waals surface area contributed by atoms with Crippen molar-refractivity contribution in [2.45, 2.75) is 6.61 Å². The van der Waals surface area contributed by atoms with Crippen LogP contribution in [0.15, 0.2) is 48.7 Å². The third-order valence-corrected chi connectivity index (χ3v) is 1.98. The first-order valence-corrected chi connectivity index (χ1v) is 4.68. The van der Waals surface area contributed by atoms with Crippen molar-refractivity contribution in [3.63, 3.8) is 0 Å². The molecule has 0 saturated carbocycles. The van der Waals surface area contributed by atoms with Gasteiger partial charge in [-0.2, -0.15) is 0 Å². The molecule has 0 saturated heterocycles. The van der Waals surface area contributed by atoms with Gasteiger partial charge in [0, 0.05) is 11.8 Å². The molecule has 0 aliphatic rings. The summed E-state index contributed by atoms with van der Waals surface area (Å²) in [5.74, 6) is 1.16. The number of nitrogens with zero attached hydrogens (tertiary/aromatic N) is 1. The zero-order valence-electron chi connectivity index (χ0n) is 8.13. The van der Waals surface area contributed by atoms with Gasteiger partial charge in [0.05, 0.1) is 6.61 Å². The molecule has 76 valence electrons. The second-order valence-electron chi connectivity index (χ2n) is 3.04. The zero-order valence-corrected chi connectivity index (χ0v) is 8.13. The first-order chi connectivity index (χ1) is 7.40. The second kappa shape index (κ2) is 4.57. The van der Waals surface area contributed by atoms with E-state index in [1.165, 1.54) is 0 Å². The maximum absolute atomic E-state index is 9.08. The molecule has 0 radical (unpaired) electrons. The Morgan fingerprint density at radius 3 is 2.60 bits per heavy atom. The predicted octanol–water partition coefficient (Wildman–Crippen LogP) is 2.37. The van der Waals surface area contributed by atoms with Crippen molar-refractivity contribution in [2.75, 3.05) is 0 Å². The number of hydrogen-bond donors (Lipinski definition) is 1. The molecule has 1 heterocycles. The van der Waals surface area contributed by atoms with Gasteiger partial charge in [-0.15, -0.1) is 0 Å². The average Bonchev–Trinajstić information content (AvgIpc) is 2.31. The molecule has 3 heteroatoms. The molecule has 2 aromatic rings. The first-order valence-electron chi connectivity index (χ1n) is 4.68. The molecule has 1 aromatic carbocycles. The third-order valence-electron chi connectivity index (χ3n) is 1.98. The second-order valence-corrected chi connectivity index (χ2v) is 3.04. The number of benzene rings is 1. The van der Waals surface area contributed by atoms with E-state index in [-0.39, 0.29) is 6.61 Å². The van der Waals surface area contributed by atoms with E-state index in [2.05, 4.69) is 4.98 Å². The normalized spacial score (nSPS) is 9.93. The van der Waals surface area contributed by atoms with Crippen LogP contribution < -0.4 is 4.74 Å². The highest BCUT2D eigenvalue weighted by Crippen LogP contribution is 2.21. The number of pyridine rings is 1. The summed E-state index contributed by atoms with van der Waals surface area (Å²) in [5, 5.41) is 9.08. The largest absolute Gasteiger partial charge is 0.439 e. The van der Waals surface area contributed by atoms with Crippen LogP contribution in [0.1, 0.15) is 5.56 Å². The van der Waals surface area contributed by atoms with Crippen LogP contribution in [0.3, 0.4) is 0 Å². The number of aliphatic hydroxyl groups excluding tert-OH is 1. The standard InChI is InChI=1S/C12H11NO2/c14-9-10-5-4-8-13-12(10)15-11-6-2-1-3-7-11/h1-8,14H,9H2. The lowest BCUT2D eigenvalue weighted by Crippen LogP contribution is -1.93. The maximum Gasteiger partial charge on any atom is 0.224 e. The van der Waals surface area contributed by atoms with Gasteiger partial charge in [-0.1, -0.05) is 18.2 Å². The zero-order chi connectivity index (χ0) is 10.5. The van der Waals surface area contributed by atoms with E-state index in [9.17, 15) is 0 Å². The van der Waals surface area contributed by atoms with E-state index < -0.39 is 0 Å². The van der Waals surface area contributed by atoms with Gasteiger partial charge < -0.3 is 9.84 Å². The fraction of sp³-hybridized carbons (Fsp3) is 0.0833. The van der Waals surface area contributed by atoms with Gasteiger partial charge >= 0.3 is 0 Å². The summed E-state index contributed by atoms with van der Waals surface area (Å²) in [7, 11) is 0. The van der Waals surface area contributed by atoms with Gasteiger partial charge in [0.25, 0.3) is 0 Å². The van der Waals surface area contributed by atoms with Gasteiger partial charge in [0.15, 0.2) is 0 Å². The van der Waals surface area contributed by atoms with Crippen molar-refractivity contribution in [2.24, 2.45) is 0 Å². The monoisotopic (exact) mass is 201 g/mol. The number of hydrogen-bond acceptors (Lipinski definition) is 3. The van der Waals surface area contributed by atoms with Crippen LogP contribution >= 0.6 is 0 Å². The van der Waals surface area contributed by atoms with Crippen molar-refractivity contribution >= 4 is 0 Å². The number of aliphatic hydroxyl groups is 1. The Kier molecular flexibility index (Phi) is 2.95. The maximum atomic E-state index is 9.08. The number of ether oxygens (including phenoxy) is 1. The minimum atomic E-state index is -0.0734. The molecule has 1 N–H and O–H groups in total. The molecular formula is C12H11NO2. The van der Waals surface area contributed by atoms with Gasteiger partial charge in [0.2, 0.25) is 5.88 Å². The van der Waals surface area contributed by atoms with Crippen molar-refractivity contribution in [3.05, 3.63) is 54.2 Å². The fourth-order valence-corrected chi connectivity index (χ4v) is 1.24. The van der Waals surface area contributed by atoms with Crippen LogP contribution in [0.4, 0.5) is 0 Å². The van der Waals surface area contributed by atoms with Crippen molar-refractivity contribution in [1.29, 1.82) is 0 Å². The molecule has 15 heavy (non-hydrogen) atoms. The highest BCUT2D eigenvalue weighted by Gasteiger charge is 2.03. The Morgan fingerprint density at radius 1 is 1.07 bits per heavy atom. The molecule has 0 atom stereocenters. The van der Waals surface area contributed by atoms with E-state index in [0.717, 1.165) is 0 Å². The summed E-state index contributed by atoms with van der Waals surface area (Å²) in [6.07, 6.45) is 1.64. The van der Waals surface area contributed by atoms with E-state index in [4.69, 9.17) is 9.84 Å². The predicted molar refractivity (Wildman–Crippen MR) is 56.7 cm³/mol. The number of aromatic nitrogens is 1. The lowest BCUT2D eigenvalue weighted by molar-refractivity contribution is 0.275. The highest BCUT2D eigenvalue weighted by molar-refractivity contribution is 5.31. The van der Waals surface area contributed by atoms with Crippen LogP contribution in [-0.4, -0.2) is 10.1 Å². The molecule has 0 unspecified atom stereocenters. The van der Waals surface area contributed by atoms with Gasteiger partial charge in [0.1, 0.15) is 5.75 Å². The van der Waals surface area contributed by atoms with Crippen LogP contribution in [-0.2, 0) is 6.61 Å². The molecule has 2 rings (SSSR count). The Hall–Kier alpha value is -1.87. The molecule has 0 aliphatic carbocycles. The smallest absolute Gasteiger partial charge is 0.224 e. The van der Waals surface area contributed by atoms with E-state index in [1.54, 1.807) is 18.3 Å².